The molecule has 0 unspecified atom stereocenters. The second-order valence-corrected chi connectivity index (χ2v) is 5.71. The summed E-state index contributed by atoms with van der Waals surface area (Å²) in [6.45, 7) is 3.22. The van der Waals surface area contributed by atoms with Crippen LogP contribution in [0.5, 0.6) is 5.75 Å². The lowest BCUT2D eigenvalue weighted by Crippen LogP contribution is -2.37. The summed E-state index contributed by atoms with van der Waals surface area (Å²) in [5.41, 5.74) is -0.226. The highest BCUT2D eigenvalue weighted by Crippen LogP contribution is 2.33. The molecule has 3 N–H and O–H groups in total. The van der Waals surface area contributed by atoms with E-state index in [0.717, 1.165) is 10.3 Å². The van der Waals surface area contributed by atoms with E-state index >= 15 is 0 Å². The Labute approximate surface area is 134 Å². The van der Waals surface area contributed by atoms with Crippen molar-refractivity contribution in [2.75, 3.05) is 13.2 Å². The number of hydrogen-bond acceptors (Lipinski definition) is 6. The van der Waals surface area contributed by atoms with Crippen molar-refractivity contribution in [3.63, 3.8) is 0 Å². The summed E-state index contributed by atoms with van der Waals surface area (Å²) in [5, 5.41) is 22.7. The highest BCUT2D eigenvalue weighted by molar-refractivity contribution is 7.17. The first kappa shape index (κ1) is 16.8. The normalized spacial score (nSPS) is 10.7. The van der Waals surface area contributed by atoms with Gasteiger partial charge in [-0.2, -0.15) is 0 Å². The van der Waals surface area contributed by atoms with Gasteiger partial charge in [-0.1, -0.05) is 6.92 Å². The number of aromatic hydroxyl groups is 1. The van der Waals surface area contributed by atoms with Gasteiger partial charge in [-0.05, 0) is 24.3 Å². The molecule has 0 aromatic carbocycles. The highest BCUT2D eigenvalue weighted by atomic mass is 32.1. The van der Waals surface area contributed by atoms with Crippen LogP contribution in [0.1, 0.15) is 29.3 Å². The summed E-state index contributed by atoms with van der Waals surface area (Å²) in [4.78, 5) is 40.5. The minimum absolute atomic E-state index is 0.255. The van der Waals surface area contributed by atoms with Crippen molar-refractivity contribution in [2.45, 2.75) is 20.3 Å². The molecule has 0 aliphatic carbocycles. The van der Waals surface area contributed by atoms with E-state index in [1.165, 1.54) is 11.3 Å². The Morgan fingerprint density at radius 2 is 2.13 bits per heavy atom. The monoisotopic (exact) mass is 340 g/mol. The van der Waals surface area contributed by atoms with Gasteiger partial charge in [-0.3, -0.25) is 14.4 Å². The molecule has 0 aliphatic heterocycles. The van der Waals surface area contributed by atoms with Gasteiger partial charge >= 0.3 is 5.97 Å². The molecule has 0 spiro atoms. The second-order valence-electron chi connectivity index (χ2n) is 4.83. The number of carboxylic acid groups (broad SMARTS) is 1. The molecule has 9 heteroatoms. The number of nitrogens with one attached hydrogen (secondary N) is 1. The third-order valence-electron chi connectivity index (χ3n) is 3.05. The number of rotatable bonds is 6. The van der Waals surface area contributed by atoms with Crippen LogP contribution in [-0.4, -0.2) is 40.0 Å². The number of amides is 1. The number of thiophene rings is 1. The molecule has 0 bridgehead atoms. The van der Waals surface area contributed by atoms with Crippen molar-refractivity contribution in [1.29, 1.82) is 0 Å². The van der Waals surface area contributed by atoms with E-state index in [2.05, 4.69) is 5.32 Å². The number of carboxylic acids is 1. The topological polar surface area (TPSA) is 118 Å². The number of fused-ring (bicyclic) bond motifs is 1. The summed E-state index contributed by atoms with van der Waals surface area (Å²) in [6, 6.07) is 0. The smallest absolute Gasteiger partial charge is 0.322 e. The molecule has 124 valence electrons. The van der Waals surface area contributed by atoms with Gasteiger partial charge in [0.15, 0.2) is 11.3 Å². The van der Waals surface area contributed by atoms with Crippen LogP contribution < -0.4 is 15.7 Å². The number of carbonyl (C=O) groups is 2. The minimum atomic E-state index is -1.26. The van der Waals surface area contributed by atoms with Crippen LogP contribution in [0.25, 0.3) is 10.2 Å². The van der Waals surface area contributed by atoms with Gasteiger partial charge in [-0.15, -0.1) is 16.1 Å². The fourth-order valence-corrected chi connectivity index (χ4v) is 3.01. The lowest BCUT2D eigenvalue weighted by atomic mass is 10.2. The van der Waals surface area contributed by atoms with Gasteiger partial charge in [0.25, 0.3) is 11.5 Å². The number of aryl methyl sites for hydroxylation is 1. The van der Waals surface area contributed by atoms with Gasteiger partial charge in [-0.25, -0.2) is 0 Å². The maximum absolute atomic E-state index is 12.5. The summed E-state index contributed by atoms with van der Waals surface area (Å²) in [6.07, 6.45) is 0.651. The first-order valence-corrected chi connectivity index (χ1v) is 7.75. The Bertz CT molecular complexity index is 823. The number of pyridine rings is 1. The van der Waals surface area contributed by atoms with Crippen LogP contribution in [0.3, 0.4) is 0 Å². The molecule has 0 fully saturated rings. The molecule has 1 amide bonds. The van der Waals surface area contributed by atoms with Crippen LogP contribution in [0.4, 0.5) is 0 Å². The molecule has 0 radical (unpaired) electrons. The maximum atomic E-state index is 12.5. The molecule has 0 saturated carbocycles. The Kier molecular flexibility index (Phi) is 4.89. The Hall–Kier alpha value is -2.55. The first-order valence-electron chi connectivity index (χ1n) is 6.87. The van der Waals surface area contributed by atoms with Crippen LogP contribution >= 0.6 is 11.3 Å². The zero-order chi connectivity index (χ0) is 17.1. The fraction of sp³-hybridized carbons (Fsp3) is 0.357. The molecular formula is C14H16N2O6S. The predicted molar refractivity (Wildman–Crippen MR) is 84.2 cm³/mol. The average Bonchev–Trinajstić information content (AvgIpc) is 2.87. The van der Waals surface area contributed by atoms with Crippen LogP contribution in [-0.2, 0) is 4.79 Å². The molecule has 2 aromatic rings. The Morgan fingerprint density at radius 3 is 2.74 bits per heavy atom. The molecule has 0 aliphatic rings. The van der Waals surface area contributed by atoms with E-state index in [4.69, 9.17) is 9.94 Å². The van der Waals surface area contributed by atoms with Crippen molar-refractivity contribution in [1.82, 2.24) is 10.0 Å². The molecule has 0 saturated heterocycles. The minimum Gasteiger partial charge on any atom is -0.505 e. The Morgan fingerprint density at radius 1 is 1.43 bits per heavy atom. The molecule has 2 rings (SSSR count). The second kappa shape index (κ2) is 6.69. The van der Waals surface area contributed by atoms with E-state index in [0.29, 0.717) is 16.6 Å². The summed E-state index contributed by atoms with van der Waals surface area (Å²) in [5.74, 6) is -2.69. The summed E-state index contributed by atoms with van der Waals surface area (Å²) in [7, 11) is 0. The third kappa shape index (κ3) is 3.14. The highest BCUT2D eigenvalue weighted by Gasteiger charge is 2.25. The lowest BCUT2D eigenvalue weighted by Gasteiger charge is -2.13. The van der Waals surface area contributed by atoms with Crippen molar-refractivity contribution in [2.24, 2.45) is 0 Å². The van der Waals surface area contributed by atoms with E-state index in [1.807, 2.05) is 6.92 Å². The van der Waals surface area contributed by atoms with Crippen molar-refractivity contribution in [3.8, 4) is 5.75 Å². The molecular weight excluding hydrogens is 324 g/mol. The van der Waals surface area contributed by atoms with Gasteiger partial charge in [0, 0.05) is 0 Å². The van der Waals surface area contributed by atoms with Crippen molar-refractivity contribution < 1.29 is 24.6 Å². The van der Waals surface area contributed by atoms with Crippen molar-refractivity contribution in [3.05, 3.63) is 26.9 Å². The predicted octanol–water partition coefficient (Wildman–Crippen LogP) is 0.730. The first-order chi connectivity index (χ1) is 10.9. The van der Waals surface area contributed by atoms with E-state index in [1.54, 1.807) is 12.3 Å². The number of nitrogens with zero attached hydrogens (tertiary/aromatic N) is 1. The lowest BCUT2D eigenvalue weighted by molar-refractivity contribution is -0.135. The summed E-state index contributed by atoms with van der Waals surface area (Å²) >= 11 is 1.17. The van der Waals surface area contributed by atoms with E-state index in [-0.39, 0.29) is 6.61 Å². The zero-order valence-corrected chi connectivity index (χ0v) is 13.4. The van der Waals surface area contributed by atoms with Crippen LogP contribution in [0, 0.1) is 6.92 Å². The molecule has 8 nitrogen and oxygen atoms in total. The van der Waals surface area contributed by atoms with Gasteiger partial charge in [0.1, 0.15) is 18.7 Å². The Balaban J connectivity index is 2.63. The standard InChI is InChI=1S/C14H16N2O6S/c1-3-4-22-16-10-7(2)6-23-12(10)11(19)9(14(16)21)13(20)15-5-8(17)18/h6,19H,3-5H2,1-2H3,(H,15,20)(H,17,18). The average molecular weight is 340 g/mol. The third-order valence-corrected chi connectivity index (χ3v) is 4.14. The van der Waals surface area contributed by atoms with Crippen molar-refractivity contribution >= 4 is 33.4 Å². The molecule has 0 atom stereocenters. The largest absolute Gasteiger partial charge is 0.505 e. The van der Waals surface area contributed by atoms with Crippen LogP contribution in [0.2, 0.25) is 0 Å². The van der Waals surface area contributed by atoms with E-state index in [9.17, 15) is 19.5 Å². The van der Waals surface area contributed by atoms with E-state index < -0.39 is 35.3 Å². The SMILES string of the molecule is CCCOn1c(=O)c(C(=O)NCC(=O)O)c(O)c2scc(C)c21. The molecule has 2 heterocycles. The molecule has 23 heavy (non-hydrogen) atoms. The van der Waals surface area contributed by atoms with Gasteiger partial charge < -0.3 is 20.4 Å². The fourth-order valence-electron chi connectivity index (χ4n) is 2.03. The quantitative estimate of drug-likeness (QED) is 0.713. The summed E-state index contributed by atoms with van der Waals surface area (Å²) < 4.78 is 1.32. The van der Waals surface area contributed by atoms with Gasteiger partial charge in [0.05, 0.1) is 4.70 Å². The molecule has 2 aromatic heterocycles. The van der Waals surface area contributed by atoms with Crippen LogP contribution in [0.15, 0.2) is 10.2 Å². The number of aliphatic carboxylic acids is 1. The number of aromatic nitrogens is 1. The zero-order valence-electron chi connectivity index (χ0n) is 12.6. The number of hydrogen-bond donors (Lipinski definition) is 3. The number of carbonyl (C=O) groups excluding carboxylic acids is 1. The van der Waals surface area contributed by atoms with Gasteiger partial charge in [0.2, 0.25) is 0 Å². The maximum Gasteiger partial charge on any atom is 0.322 e.